The highest BCUT2D eigenvalue weighted by Crippen LogP contribution is 2.33. The summed E-state index contributed by atoms with van der Waals surface area (Å²) in [6, 6.07) is 8.46. The van der Waals surface area contributed by atoms with Gasteiger partial charge < -0.3 is 4.74 Å². The Bertz CT molecular complexity index is 723. The van der Waals surface area contributed by atoms with E-state index in [1.807, 2.05) is 38.7 Å². The number of nitrogens with zero attached hydrogens (tertiary/aromatic N) is 1. The lowest BCUT2D eigenvalue weighted by atomic mass is 9.82. The maximum absolute atomic E-state index is 12.9. The molecule has 1 aliphatic carbocycles. The predicted octanol–water partition coefficient (Wildman–Crippen LogP) is 3.79. The second-order valence-corrected chi connectivity index (χ2v) is 8.08. The summed E-state index contributed by atoms with van der Waals surface area (Å²) in [6.45, 7) is 7.83. The van der Waals surface area contributed by atoms with Gasteiger partial charge in [-0.15, -0.1) is 0 Å². The summed E-state index contributed by atoms with van der Waals surface area (Å²) in [5.41, 5.74) is 0.531. The van der Waals surface area contributed by atoms with E-state index in [-0.39, 0.29) is 12.1 Å². The molecule has 1 aliphatic heterocycles. The van der Waals surface area contributed by atoms with Gasteiger partial charge in [-0.1, -0.05) is 49.6 Å². The maximum Gasteiger partial charge on any atom is 0.415 e. The first-order chi connectivity index (χ1) is 11.4. The van der Waals surface area contributed by atoms with Crippen LogP contribution in [0.5, 0.6) is 0 Å². The molecule has 0 aromatic heterocycles. The fourth-order valence-corrected chi connectivity index (χ4v) is 3.98. The molecule has 1 fully saturated rings. The molecule has 24 heavy (non-hydrogen) atoms. The van der Waals surface area contributed by atoms with Crippen molar-refractivity contribution in [1.82, 2.24) is 4.90 Å². The second kappa shape index (κ2) is 6.62. The van der Waals surface area contributed by atoms with Crippen LogP contribution >= 0.6 is 0 Å². The minimum atomic E-state index is -0.481. The quantitative estimate of drug-likeness (QED) is 0.785. The molecule has 0 radical (unpaired) electrons. The third-order valence-electron chi connectivity index (χ3n) is 5.08. The Labute approximate surface area is 145 Å². The molecule has 1 saturated carbocycles. The summed E-state index contributed by atoms with van der Waals surface area (Å²) in [5.74, 6) is 0.523. The third-order valence-corrected chi connectivity index (χ3v) is 5.08. The summed E-state index contributed by atoms with van der Waals surface area (Å²) < 4.78 is 5.73. The molecule has 1 unspecified atom stereocenters. The zero-order chi connectivity index (χ0) is 17.3. The molecule has 3 rings (SSSR count). The van der Waals surface area contributed by atoms with Crippen LogP contribution in [0.15, 0.2) is 24.3 Å². The third kappa shape index (κ3) is 3.50. The Hall–Kier alpha value is -1.77. The first kappa shape index (κ1) is 17.1. The van der Waals surface area contributed by atoms with Gasteiger partial charge in [0.25, 0.3) is 0 Å². The number of ether oxygens (including phenoxy) is 1. The second-order valence-electron chi connectivity index (χ2n) is 8.08. The summed E-state index contributed by atoms with van der Waals surface area (Å²) in [6.07, 6.45) is 8.28. The molecular weight excluding hydrogens is 298 g/mol. The lowest BCUT2D eigenvalue weighted by Gasteiger charge is -2.39. The minimum Gasteiger partial charge on any atom is -0.443 e. The number of hydrogen-bond acceptors (Lipinski definition) is 2. The van der Waals surface area contributed by atoms with Crippen LogP contribution in [0.1, 0.15) is 59.8 Å². The van der Waals surface area contributed by atoms with E-state index >= 15 is 0 Å². The SMILES string of the molecule is CC1=c2ccccc2=CC(C2CCCCC2)N1C(=O)OC(C)(C)C. The van der Waals surface area contributed by atoms with Crippen molar-refractivity contribution in [3.63, 3.8) is 0 Å². The highest BCUT2D eigenvalue weighted by Gasteiger charge is 2.35. The molecule has 0 spiro atoms. The van der Waals surface area contributed by atoms with Crippen molar-refractivity contribution >= 4 is 17.9 Å². The highest BCUT2D eigenvalue weighted by atomic mass is 16.6. The van der Waals surface area contributed by atoms with Gasteiger partial charge in [0.2, 0.25) is 0 Å². The summed E-state index contributed by atoms with van der Waals surface area (Å²) in [4.78, 5) is 14.9. The zero-order valence-corrected chi connectivity index (χ0v) is 15.3. The number of hydrogen-bond donors (Lipinski definition) is 0. The van der Waals surface area contributed by atoms with Gasteiger partial charge in [-0.3, -0.25) is 4.90 Å². The van der Waals surface area contributed by atoms with Crippen molar-refractivity contribution in [2.75, 3.05) is 0 Å². The minimum absolute atomic E-state index is 0.107. The maximum atomic E-state index is 12.9. The van der Waals surface area contributed by atoms with Crippen molar-refractivity contribution in [1.29, 1.82) is 0 Å². The van der Waals surface area contributed by atoms with Crippen molar-refractivity contribution in [2.24, 2.45) is 5.92 Å². The Morgan fingerprint density at radius 2 is 1.79 bits per heavy atom. The van der Waals surface area contributed by atoms with E-state index in [0.717, 1.165) is 10.9 Å². The van der Waals surface area contributed by atoms with E-state index in [1.54, 1.807) is 0 Å². The number of rotatable bonds is 1. The Balaban J connectivity index is 2.04. The van der Waals surface area contributed by atoms with E-state index in [4.69, 9.17) is 4.74 Å². The molecule has 0 N–H and O–H groups in total. The van der Waals surface area contributed by atoms with Gasteiger partial charge in [-0.2, -0.15) is 0 Å². The fourth-order valence-electron chi connectivity index (χ4n) is 3.98. The van der Waals surface area contributed by atoms with E-state index in [0.29, 0.717) is 5.92 Å². The molecule has 3 nitrogen and oxygen atoms in total. The fraction of sp³-hybridized carbons (Fsp3) is 0.571. The molecule has 1 amide bonds. The smallest absolute Gasteiger partial charge is 0.415 e. The molecule has 2 aliphatic rings. The van der Waals surface area contributed by atoms with Gasteiger partial charge in [0, 0.05) is 10.9 Å². The van der Waals surface area contributed by atoms with Gasteiger partial charge in [-0.05, 0) is 51.7 Å². The molecule has 0 bridgehead atoms. The standard InChI is InChI=1S/C21H29NO2/c1-15-18-13-9-8-12-17(18)14-19(16-10-6-5-7-11-16)22(15)20(23)24-21(2,3)4/h8-9,12-14,16,19H,5-7,10-11H2,1-4H3. The van der Waals surface area contributed by atoms with Crippen LogP contribution in [-0.2, 0) is 4.74 Å². The Morgan fingerprint density at radius 1 is 1.12 bits per heavy atom. The van der Waals surface area contributed by atoms with Gasteiger partial charge in [0.1, 0.15) is 5.60 Å². The van der Waals surface area contributed by atoms with Crippen LogP contribution in [0, 0.1) is 5.92 Å². The van der Waals surface area contributed by atoms with Crippen molar-refractivity contribution in [3.8, 4) is 0 Å². The monoisotopic (exact) mass is 327 g/mol. The van der Waals surface area contributed by atoms with E-state index in [1.165, 1.54) is 37.3 Å². The van der Waals surface area contributed by atoms with Gasteiger partial charge in [0.05, 0.1) is 6.04 Å². The highest BCUT2D eigenvalue weighted by molar-refractivity contribution is 5.79. The van der Waals surface area contributed by atoms with Crippen LogP contribution in [-0.4, -0.2) is 22.6 Å². The van der Waals surface area contributed by atoms with Crippen LogP contribution in [0.2, 0.25) is 0 Å². The molecular formula is C21H29NO2. The number of benzene rings is 1. The van der Waals surface area contributed by atoms with Gasteiger partial charge >= 0.3 is 6.09 Å². The Morgan fingerprint density at radius 3 is 2.46 bits per heavy atom. The zero-order valence-electron chi connectivity index (χ0n) is 15.3. The van der Waals surface area contributed by atoms with Crippen LogP contribution in [0.4, 0.5) is 4.79 Å². The molecule has 3 heteroatoms. The van der Waals surface area contributed by atoms with Crippen molar-refractivity contribution in [3.05, 3.63) is 34.7 Å². The number of carbonyl (C=O) groups is 1. The largest absolute Gasteiger partial charge is 0.443 e. The lowest BCUT2D eigenvalue weighted by Crippen LogP contribution is -2.51. The molecule has 1 atom stereocenters. The summed E-state index contributed by atoms with van der Waals surface area (Å²) in [7, 11) is 0. The number of carbonyl (C=O) groups excluding carboxylic acids is 1. The Kier molecular flexibility index (Phi) is 4.71. The van der Waals surface area contributed by atoms with Crippen molar-refractivity contribution in [2.45, 2.75) is 71.4 Å². The average Bonchev–Trinajstić information content (AvgIpc) is 2.54. The molecule has 1 aromatic carbocycles. The van der Waals surface area contributed by atoms with Gasteiger partial charge in [-0.25, -0.2) is 4.79 Å². The van der Waals surface area contributed by atoms with E-state index < -0.39 is 5.60 Å². The number of amides is 1. The summed E-state index contributed by atoms with van der Waals surface area (Å²) in [5, 5.41) is 2.38. The van der Waals surface area contributed by atoms with Crippen molar-refractivity contribution < 1.29 is 9.53 Å². The van der Waals surface area contributed by atoms with Crippen LogP contribution < -0.4 is 10.4 Å². The number of fused-ring (bicyclic) bond motifs is 1. The first-order valence-corrected chi connectivity index (χ1v) is 9.17. The molecule has 1 heterocycles. The van der Waals surface area contributed by atoms with E-state index in [2.05, 4.69) is 24.3 Å². The topological polar surface area (TPSA) is 29.5 Å². The molecule has 1 aromatic rings. The van der Waals surface area contributed by atoms with Gasteiger partial charge in [0.15, 0.2) is 0 Å². The first-order valence-electron chi connectivity index (χ1n) is 9.17. The normalized spacial score (nSPS) is 21.9. The average molecular weight is 327 g/mol. The van der Waals surface area contributed by atoms with Crippen LogP contribution in [0.25, 0.3) is 11.8 Å². The van der Waals surface area contributed by atoms with E-state index in [9.17, 15) is 4.79 Å². The van der Waals surface area contributed by atoms with Crippen LogP contribution in [0.3, 0.4) is 0 Å². The molecule has 0 saturated heterocycles. The molecule has 130 valence electrons. The summed E-state index contributed by atoms with van der Waals surface area (Å²) >= 11 is 0. The predicted molar refractivity (Wildman–Crippen MR) is 97.7 cm³/mol. The lowest BCUT2D eigenvalue weighted by molar-refractivity contribution is 0.0272.